The number of halogens is 1. The summed E-state index contributed by atoms with van der Waals surface area (Å²) in [5, 5.41) is 2.28. The fraction of sp³-hybridized carbons (Fsp3) is 0.769. The molecule has 0 fully saturated rings. The summed E-state index contributed by atoms with van der Waals surface area (Å²) in [5.74, 6) is -0.540. The van der Waals surface area contributed by atoms with Crippen LogP contribution in [0.1, 0.15) is 33.6 Å². The number of esters is 1. The minimum absolute atomic E-state index is 0.0413. The van der Waals surface area contributed by atoms with Gasteiger partial charge in [0, 0.05) is 17.0 Å². The standard InChI is InChI=1S/C13H22ClNO6/c1-4-6-13(3,8-20-11(14)17)9-21-12(18)15-7-10(16)19-5-2/h4-9H2,1-3H3,(H,15,18). The third-order valence-corrected chi connectivity index (χ3v) is 2.73. The number of amides is 1. The molecule has 0 aromatic carbocycles. The number of carbonyl (C=O) groups excluding carboxylic acids is 3. The van der Waals surface area contributed by atoms with Gasteiger partial charge in [0.05, 0.1) is 6.61 Å². The predicted octanol–water partition coefficient (Wildman–Crippen LogP) is 2.46. The molecule has 0 radical (unpaired) electrons. The average molecular weight is 324 g/mol. The molecule has 7 nitrogen and oxygen atoms in total. The monoisotopic (exact) mass is 323 g/mol. The lowest BCUT2D eigenvalue weighted by molar-refractivity contribution is -0.141. The molecule has 0 aliphatic heterocycles. The summed E-state index contributed by atoms with van der Waals surface area (Å²) in [5.41, 5.74) is -1.43. The third-order valence-electron chi connectivity index (χ3n) is 2.62. The Morgan fingerprint density at radius 3 is 2.24 bits per heavy atom. The van der Waals surface area contributed by atoms with E-state index in [0.29, 0.717) is 6.42 Å². The van der Waals surface area contributed by atoms with Crippen molar-refractivity contribution in [3.05, 3.63) is 0 Å². The van der Waals surface area contributed by atoms with Crippen molar-refractivity contribution < 1.29 is 28.6 Å². The summed E-state index contributed by atoms with van der Waals surface area (Å²) in [7, 11) is 0. The van der Waals surface area contributed by atoms with Crippen molar-refractivity contribution in [3.8, 4) is 0 Å². The van der Waals surface area contributed by atoms with Gasteiger partial charge < -0.3 is 19.5 Å². The molecule has 0 aromatic heterocycles. The van der Waals surface area contributed by atoms with Gasteiger partial charge in [0.2, 0.25) is 0 Å². The van der Waals surface area contributed by atoms with Gasteiger partial charge in [-0.25, -0.2) is 9.59 Å². The van der Waals surface area contributed by atoms with Gasteiger partial charge in [-0.3, -0.25) is 4.79 Å². The summed E-state index contributed by atoms with van der Waals surface area (Å²) in [6, 6.07) is 0. The zero-order valence-electron chi connectivity index (χ0n) is 12.6. The van der Waals surface area contributed by atoms with E-state index < -0.39 is 22.9 Å². The number of nitrogens with one attached hydrogen (secondary N) is 1. The minimum Gasteiger partial charge on any atom is -0.465 e. The molecular formula is C13H22ClNO6. The quantitative estimate of drug-likeness (QED) is 0.398. The van der Waals surface area contributed by atoms with Gasteiger partial charge in [-0.2, -0.15) is 0 Å². The molecule has 1 N–H and O–H groups in total. The van der Waals surface area contributed by atoms with Crippen LogP contribution < -0.4 is 5.32 Å². The Kier molecular flexibility index (Phi) is 9.53. The molecule has 0 rings (SSSR count). The average Bonchev–Trinajstić information content (AvgIpc) is 2.42. The van der Waals surface area contributed by atoms with E-state index >= 15 is 0 Å². The Labute approximate surface area is 129 Å². The van der Waals surface area contributed by atoms with Crippen molar-refractivity contribution in [3.63, 3.8) is 0 Å². The first-order chi connectivity index (χ1) is 9.83. The SMILES string of the molecule is CCCC(C)(COC(=O)Cl)COC(=O)NCC(=O)OCC. The van der Waals surface area contributed by atoms with Crippen molar-refractivity contribution in [1.82, 2.24) is 5.32 Å². The number of ether oxygens (including phenoxy) is 3. The van der Waals surface area contributed by atoms with Crippen LogP contribution >= 0.6 is 11.6 Å². The Morgan fingerprint density at radius 1 is 1.10 bits per heavy atom. The zero-order valence-corrected chi connectivity index (χ0v) is 13.3. The van der Waals surface area contributed by atoms with Crippen LogP contribution in [0.15, 0.2) is 0 Å². The largest absolute Gasteiger partial charge is 0.465 e. The van der Waals surface area contributed by atoms with Crippen molar-refractivity contribution in [2.24, 2.45) is 5.41 Å². The zero-order chi connectivity index (χ0) is 16.3. The number of alkyl carbamates (subject to hydrolysis) is 1. The summed E-state index contributed by atoms with van der Waals surface area (Å²) < 4.78 is 14.5. The van der Waals surface area contributed by atoms with Gasteiger partial charge in [-0.05, 0) is 13.3 Å². The molecule has 0 aliphatic carbocycles. The first kappa shape index (κ1) is 19.5. The Bertz CT molecular complexity index is 363. The number of hydrogen-bond acceptors (Lipinski definition) is 6. The Morgan fingerprint density at radius 2 is 1.71 bits per heavy atom. The second-order valence-corrected chi connectivity index (χ2v) is 5.13. The molecule has 21 heavy (non-hydrogen) atoms. The highest BCUT2D eigenvalue weighted by molar-refractivity contribution is 6.61. The minimum atomic E-state index is -0.899. The molecule has 8 heteroatoms. The van der Waals surface area contributed by atoms with Gasteiger partial charge in [0.25, 0.3) is 0 Å². The smallest absolute Gasteiger partial charge is 0.407 e. The number of rotatable bonds is 9. The molecule has 0 saturated carbocycles. The molecule has 122 valence electrons. The molecule has 1 unspecified atom stereocenters. The number of carbonyl (C=O) groups is 3. The van der Waals surface area contributed by atoms with E-state index in [1.54, 1.807) is 6.92 Å². The molecule has 1 atom stereocenters. The molecule has 1 amide bonds. The van der Waals surface area contributed by atoms with Crippen molar-refractivity contribution in [2.45, 2.75) is 33.6 Å². The maximum Gasteiger partial charge on any atom is 0.407 e. The van der Waals surface area contributed by atoms with Crippen LogP contribution in [0.3, 0.4) is 0 Å². The highest BCUT2D eigenvalue weighted by atomic mass is 35.5. The van der Waals surface area contributed by atoms with Gasteiger partial charge in [0.15, 0.2) is 0 Å². The highest BCUT2D eigenvalue weighted by Crippen LogP contribution is 2.24. The van der Waals surface area contributed by atoms with Crippen molar-refractivity contribution >= 4 is 29.1 Å². The van der Waals surface area contributed by atoms with E-state index in [0.717, 1.165) is 6.42 Å². The second-order valence-electron chi connectivity index (χ2n) is 4.82. The number of hydrogen-bond donors (Lipinski definition) is 1. The summed E-state index contributed by atoms with van der Waals surface area (Å²) in [4.78, 5) is 33.2. The van der Waals surface area contributed by atoms with Crippen molar-refractivity contribution in [1.29, 1.82) is 0 Å². The summed E-state index contributed by atoms with van der Waals surface area (Å²) in [6.45, 7) is 5.52. The lowest BCUT2D eigenvalue weighted by atomic mass is 9.87. The van der Waals surface area contributed by atoms with Gasteiger partial charge in [0.1, 0.15) is 19.8 Å². The second kappa shape index (κ2) is 10.3. The van der Waals surface area contributed by atoms with Crippen LogP contribution in [-0.4, -0.2) is 43.9 Å². The van der Waals surface area contributed by atoms with E-state index in [2.05, 4.69) is 10.1 Å². The van der Waals surface area contributed by atoms with Gasteiger partial charge in [-0.1, -0.05) is 20.3 Å². The molecule has 0 aromatic rings. The predicted molar refractivity (Wildman–Crippen MR) is 76.2 cm³/mol. The van der Waals surface area contributed by atoms with E-state index in [9.17, 15) is 14.4 Å². The summed E-state index contributed by atoms with van der Waals surface area (Å²) >= 11 is 5.13. The molecule has 0 spiro atoms. The molecule has 0 saturated heterocycles. The normalized spacial score (nSPS) is 13.0. The topological polar surface area (TPSA) is 90.9 Å². The van der Waals surface area contributed by atoms with Crippen LogP contribution in [0, 0.1) is 5.41 Å². The Balaban J connectivity index is 4.18. The van der Waals surface area contributed by atoms with Crippen LogP contribution in [0.25, 0.3) is 0 Å². The van der Waals surface area contributed by atoms with E-state index in [1.807, 2.05) is 13.8 Å². The van der Waals surface area contributed by atoms with Crippen LogP contribution in [0.5, 0.6) is 0 Å². The van der Waals surface area contributed by atoms with Crippen molar-refractivity contribution in [2.75, 3.05) is 26.4 Å². The van der Waals surface area contributed by atoms with E-state index in [-0.39, 0.29) is 26.4 Å². The lowest BCUT2D eigenvalue weighted by Gasteiger charge is -2.27. The van der Waals surface area contributed by atoms with Gasteiger partial charge in [-0.15, -0.1) is 0 Å². The van der Waals surface area contributed by atoms with Crippen LogP contribution in [-0.2, 0) is 19.0 Å². The van der Waals surface area contributed by atoms with Crippen LogP contribution in [0.4, 0.5) is 9.59 Å². The maximum atomic E-state index is 11.5. The maximum absolute atomic E-state index is 11.5. The third kappa shape index (κ3) is 9.95. The fourth-order valence-corrected chi connectivity index (χ4v) is 1.72. The molecular weight excluding hydrogens is 302 g/mol. The summed E-state index contributed by atoms with van der Waals surface area (Å²) in [6.07, 6.45) is 0.773. The fourth-order valence-electron chi connectivity index (χ4n) is 1.67. The Hall–Kier alpha value is -1.50. The van der Waals surface area contributed by atoms with E-state index in [1.165, 1.54) is 0 Å². The first-order valence-electron chi connectivity index (χ1n) is 6.71. The van der Waals surface area contributed by atoms with Gasteiger partial charge >= 0.3 is 17.5 Å². The highest BCUT2D eigenvalue weighted by Gasteiger charge is 2.27. The van der Waals surface area contributed by atoms with E-state index in [4.69, 9.17) is 21.1 Å². The first-order valence-corrected chi connectivity index (χ1v) is 7.09. The van der Waals surface area contributed by atoms with Crippen LogP contribution in [0.2, 0.25) is 0 Å². The molecule has 0 bridgehead atoms. The molecule has 0 heterocycles. The lowest BCUT2D eigenvalue weighted by Crippen LogP contribution is -2.36. The molecule has 0 aliphatic rings.